The fraction of sp³-hybridized carbons (Fsp3) is 0.188. The van der Waals surface area contributed by atoms with Crippen LogP contribution in [-0.2, 0) is 6.42 Å². The first-order chi connectivity index (χ1) is 9.74. The number of Topliss-reactive ketones (excluding diaryl/α,β-unsaturated/α-hetero) is 1. The molecule has 0 fully saturated rings. The van der Waals surface area contributed by atoms with Gasteiger partial charge in [-0.15, -0.1) is 0 Å². The summed E-state index contributed by atoms with van der Waals surface area (Å²) in [7, 11) is 0. The number of para-hydroxylation sites is 1. The summed E-state index contributed by atoms with van der Waals surface area (Å²) in [6.07, 6.45) is 0.346. The molecule has 0 amide bonds. The summed E-state index contributed by atoms with van der Waals surface area (Å²) in [5.74, 6) is 1.25. The molecule has 0 aliphatic carbocycles. The number of rotatable bonds is 3. The average Bonchev–Trinajstić information content (AvgIpc) is 2.46. The zero-order valence-corrected chi connectivity index (χ0v) is 12.4. The molecule has 0 radical (unpaired) electrons. The number of halogens is 1. The van der Waals surface area contributed by atoms with Gasteiger partial charge in [-0.1, -0.05) is 34.1 Å². The molecule has 1 aliphatic heterocycles. The Morgan fingerprint density at radius 3 is 2.75 bits per heavy atom. The van der Waals surface area contributed by atoms with E-state index in [1.807, 2.05) is 36.4 Å². The van der Waals surface area contributed by atoms with Gasteiger partial charge in [0.2, 0.25) is 0 Å². The van der Waals surface area contributed by atoms with Crippen LogP contribution in [0, 0.1) is 0 Å². The minimum absolute atomic E-state index is 0.0328. The van der Waals surface area contributed by atoms with E-state index in [-0.39, 0.29) is 5.78 Å². The number of benzene rings is 2. The summed E-state index contributed by atoms with van der Waals surface area (Å²) < 4.78 is 12.1. The van der Waals surface area contributed by atoms with E-state index in [0.29, 0.717) is 36.7 Å². The highest BCUT2D eigenvalue weighted by atomic mass is 79.9. The monoisotopic (exact) mass is 332 g/mol. The number of hydrogen-bond acceptors (Lipinski definition) is 3. The van der Waals surface area contributed by atoms with Crippen LogP contribution in [0.2, 0.25) is 0 Å². The predicted octanol–water partition coefficient (Wildman–Crippen LogP) is 3.65. The molecule has 3 nitrogen and oxygen atoms in total. The van der Waals surface area contributed by atoms with E-state index in [2.05, 4.69) is 15.9 Å². The van der Waals surface area contributed by atoms with E-state index in [4.69, 9.17) is 9.47 Å². The highest BCUT2D eigenvalue weighted by molar-refractivity contribution is 9.10. The molecular weight excluding hydrogens is 320 g/mol. The molecule has 2 aromatic rings. The topological polar surface area (TPSA) is 35.5 Å². The molecule has 2 aromatic carbocycles. The predicted molar refractivity (Wildman–Crippen MR) is 79.6 cm³/mol. The van der Waals surface area contributed by atoms with Crippen LogP contribution in [0.5, 0.6) is 11.5 Å². The second-order valence-corrected chi connectivity index (χ2v) is 5.48. The van der Waals surface area contributed by atoms with E-state index in [9.17, 15) is 4.79 Å². The molecule has 0 N–H and O–H groups in total. The lowest BCUT2D eigenvalue weighted by molar-refractivity contribution is 0.0982. The summed E-state index contributed by atoms with van der Waals surface area (Å²) >= 11 is 3.41. The van der Waals surface area contributed by atoms with Crippen LogP contribution in [0.1, 0.15) is 15.9 Å². The molecule has 0 bridgehead atoms. The maximum atomic E-state index is 12.4. The maximum Gasteiger partial charge on any atom is 0.172 e. The van der Waals surface area contributed by atoms with Crippen molar-refractivity contribution >= 4 is 21.7 Å². The Labute approximate surface area is 125 Å². The lowest BCUT2D eigenvalue weighted by Gasteiger charge is -2.20. The summed E-state index contributed by atoms with van der Waals surface area (Å²) in [6, 6.07) is 13.2. The quantitative estimate of drug-likeness (QED) is 0.805. The van der Waals surface area contributed by atoms with E-state index < -0.39 is 0 Å². The third kappa shape index (κ3) is 2.70. The van der Waals surface area contributed by atoms with Gasteiger partial charge in [-0.25, -0.2) is 0 Å². The third-order valence-electron chi connectivity index (χ3n) is 3.12. The second kappa shape index (κ2) is 5.67. The van der Waals surface area contributed by atoms with Crippen molar-refractivity contribution in [3.63, 3.8) is 0 Å². The molecule has 0 aromatic heterocycles. The first-order valence-corrected chi connectivity index (χ1v) is 7.19. The van der Waals surface area contributed by atoms with E-state index in [1.54, 1.807) is 6.07 Å². The van der Waals surface area contributed by atoms with Crippen molar-refractivity contribution in [1.82, 2.24) is 0 Å². The summed E-state index contributed by atoms with van der Waals surface area (Å²) in [6.45, 7) is 1.00. The molecule has 0 spiro atoms. The SMILES string of the molecule is O=C(Cc1cccc(Br)c1)c1cccc2c1OCCO2. The highest BCUT2D eigenvalue weighted by Crippen LogP contribution is 2.34. The standard InChI is InChI=1S/C16H13BrO3/c17-12-4-1-3-11(9-12)10-14(18)13-5-2-6-15-16(13)20-8-7-19-15/h1-6,9H,7-8,10H2. The van der Waals surface area contributed by atoms with Crippen molar-refractivity contribution in [1.29, 1.82) is 0 Å². The number of carbonyl (C=O) groups is 1. The van der Waals surface area contributed by atoms with Crippen molar-refractivity contribution in [3.8, 4) is 11.5 Å². The van der Waals surface area contributed by atoms with Crippen LogP contribution >= 0.6 is 15.9 Å². The fourth-order valence-electron chi connectivity index (χ4n) is 2.22. The summed E-state index contributed by atoms with van der Waals surface area (Å²) in [4.78, 5) is 12.4. The molecule has 3 rings (SSSR count). The van der Waals surface area contributed by atoms with Crippen molar-refractivity contribution < 1.29 is 14.3 Å². The van der Waals surface area contributed by atoms with Crippen molar-refractivity contribution in [3.05, 3.63) is 58.1 Å². The molecular formula is C16H13BrO3. The Bertz CT molecular complexity index is 652. The lowest BCUT2D eigenvalue weighted by Crippen LogP contribution is -2.18. The number of fused-ring (bicyclic) bond motifs is 1. The van der Waals surface area contributed by atoms with Crippen LogP contribution < -0.4 is 9.47 Å². The van der Waals surface area contributed by atoms with E-state index >= 15 is 0 Å². The molecule has 1 aliphatic rings. The first-order valence-electron chi connectivity index (χ1n) is 6.40. The Kier molecular flexibility index (Phi) is 3.74. The van der Waals surface area contributed by atoms with E-state index in [1.165, 1.54) is 0 Å². The molecule has 0 saturated carbocycles. The number of hydrogen-bond donors (Lipinski definition) is 0. The lowest BCUT2D eigenvalue weighted by atomic mass is 10.0. The Morgan fingerprint density at radius 1 is 1.10 bits per heavy atom. The Balaban J connectivity index is 1.88. The minimum atomic E-state index is 0.0328. The first kappa shape index (κ1) is 13.2. The van der Waals surface area contributed by atoms with Gasteiger partial charge in [0.25, 0.3) is 0 Å². The van der Waals surface area contributed by atoms with Crippen LogP contribution in [0.15, 0.2) is 46.9 Å². The van der Waals surface area contributed by atoms with Crippen LogP contribution in [0.3, 0.4) is 0 Å². The minimum Gasteiger partial charge on any atom is -0.486 e. The third-order valence-corrected chi connectivity index (χ3v) is 3.61. The van der Waals surface area contributed by atoms with Gasteiger partial charge < -0.3 is 9.47 Å². The molecule has 4 heteroatoms. The number of ether oxygens (including phenoxy) is 2. The molecule has 1 heterocycles. The molecule has 0 atom stereocenters. The molecule has 102 valence electrons. The van der Waals surface area contributed by atoms with Gasteiger partial charge in [0.15, 0.2) is 17.3 Å². The second-order valence-electron chi connectivity index (χ2n) is 4.56. The van der Waals surface area contributed by atoms with Gasteiger partial charge in [-0.2, -0.15) is 0 Å². The Morgan fingerprint density at radius 2 is 1.90 bits per heavy atom. The number of carbonyl (C=O) groups excluding carboxylic acids is 1. The molecule has 20 heavy (non-hydrogen) atoms. The van der Waals surface area contributed by atoms with Crippen LogP contribution in [0.4, 0.5) is 0 Å². The van der Waals surface area contributed by atoms with Gasteiger partial charge in [0.05, 0.1) is 5.56 Å². The van der Waals surface area contributed by atoms with Crippen molar-refractivity contribution in [2.75, 3.05) is 13.2 Å². The molecule has 0 saturated heterocycles. The molecule has 0 unspecified atom stereocenters. The zero-order valence-electron chi connectivity index (χ0n) is 10.8. The van der Waals surface area contributed by atoms with Gasteiger partial charge in [-0.05, 0) is 29.8 Å². The normalized spacial score (nSPS) is 13.1. The largest absolute Gasteiger partial charge is 0.486 e. The Hall–Kier alpha value is -1.81. The highest BCUT2D eigenvalue weighted by Gasteiger charge is 2.20. The van der Waals surface area contributed by atoms with Gasteiger partial charge >= 0.3 is 0 Å². The maximum absolute atomic E-state index is 12.4. The zero-order chi connectivity index (χ0) is 13.9. The number of ketones is 1. The van der Waals surface area contributed by atoms with E-state index in [0.717, 1.165) is 10.0 Å². The van der Waals surface area contributed by atoms with Crippen LogP contribution in [-0.4, -0.2) is 19.0 Å². The van der Waals surface area contributed by atoms with Gasteiger partial charge in [0, 0.05) is 10.9 Å². The van der Waals surface area contributed by atoms with Gasteiger partial charge in [0.1, 0.15) is 13.2 Å². The summed E-state index contributed by atoms with van der Waals surface area (Å²) in [5, 5.41) is 0. The van der Waals surface area contributed by atoms with Gasteiger partial charge in [-0.3, -0.25) is 4.79 Å². The van der Waals surface area contributed by atoms with Crippen LogP contribution in [0.25, 0.3) is 0 Å². The average molecular weight is 333 g/mol. The summed E-state index contributed by atoms with van der Waals surface area (Å²) in [5.41, 5.74) is 1.56. The fourth-order valence-corrected chi connectivity index (χ4v) is 2.67. The van der Waals surface area contributed by atoms with Crippen molar-refractivity contribution in [2.24, 2.45) is 0 Å². The van der Waals surface area contributed by atoms with Crippen molar-refractivity contribution in [2.45, 2.75) is 6.42 Å². The smallest absolute Gasteiger partial charge is 0.172 e.